The molecule has 0 atom stereocenters. The predicted molar refractivity (Wildman–Crippen MR) is 69.0 cm³/mol. The summed E-state index contributed by atoms with van der Waals surface area (Å²) in [5.74, 6) is 0.910. The first-order valence-corrected chi connectivity index (χ1v) is 5.74. The second-order valence-electron chi connectivity index (χ2n) is 4.29. The molecular formula is C13H18N4. The standard InChI is InChI=1S/C13H18N4/c1-9-6-5-7-13(15-9)14-8-12-10(2)16-17(4)11(12)3/h5-7H,8H2,1-4H3,(H,14,15). The molecule has 0 fully saturated rings. The number of anilines is 1. The minimum absolute atomic E-state index is 0.766. The van der Waals surface area contributed by atoms with Gasteiger partial charge in [-0.15, -0.1) is 0 Å². The Balaban J connectivity index is 2.12. The molecule has 0 amide bonds. The van der Waals surface area contributed by atoms with Crippen molar-refractivity contribution in [1.29, 1.82) is 0 Å². The van der Waals surface area contributed by atoms with Gasteiger partial charge in [0.1, 0.15) is 5.82 Å². The van der Waals surface area contributed by atoms with Crippen molar-refractivity contribution in [1.82, 2.24) is 14.8 Å². The lowest BCUT2D eigenvalue weighted by Gasteiger charge is -2.06. The lowest BCUT2D eigenvalue weighted by molar-refractivity contribution is 0.730. The average molecular weight is 230 g/mol. The summed E-state index contributed by atoms with van der Waals surface area (Å²) in [6.45, 7) is 6.88. The first kappa shape index (κ1) is 11.6. The molecule has 0 saturated carbocycles. The molecule has 0 spiro atoms. The average Bonchev–Trinajstić information content (AvgIpc) is 2.51. The monoisotopic (exact) mass is 230 g/mol. The molecule has 0 radical (unpaired) electrons. The molecule has 0 aromatic carbocycles. The van der Waals surface area contributed by atoms with Gasteiger partial charge in [-0.05, 0) is 32.9 Å². The van der Waals surface area contributed by atoms with Crippen molar-refractivity contribution in [3.63, 3.8) is 0 Å². The van der Waals surface area contributed by atoms with Gasteiger partial charge in [0, 0.05) is 30.5 Å². The maximum Gasteiger partial charge on any atom is 0.126 e. The fourth-order valence-corrected chi connectivity index (χ4v) is 1.89. The number of hydrogen-bond acceptors (Lipinski definition) is 3. The molecule has 4 nitrogen and oxygen atoms in total. The minimum atomic E-state index is 0.766. The Labute approximate surface area is 102 Å². The summed E-state index contributed by atoms with van der Waals surface area (Å²) in [7, 11) is 1.97. The van der Waals surface area contributed by atoms with Crippen molar-refractivity contribution in [3.8, 4) is 0 Å². The van der Waals surface area contributed by atoms with Gasteiger partial charge >= 0.3 is 0 Å². The second-order valence-corrected chi connectivity index (χ2v) is 4.29. The largest absolute Gasteiger partial charge is 0.366 e. The molecule has 2 rings (SSSR count). The molecule has 2 heterocycles. The molecule has 0 saturated heterocycles. The first-order chi connectivity index (χ1) is 8.08. The molecule has 2 aromatic rings. The van der Waals surface area contributed by atoms with Crippen LogP contribution in [0, 0.1) is 20.8 Å². The van der Waals surface area contributed by atoms with Gasteiger partial charge in [-0.25, -0.2) is 4.98 Å². The van der Waals surface area contributed by atoms with Crippen LogP contribution in [0.3, 0.4) is 0 Å². The third-order valence-electron chi connectivity index (χ3n) is 2.99. The molecule has 1 N–H and O–H groups in total. The summed E-state index contributed by atoms with van der Waals surface area (Å²) >= 11 is 0. The van der Waals surface area contributed by atoms with Crippen molar-refractivity contribution in [2.24, 2.45) is 7.05 Å². The van der Waals surface area contributed by atoms with Crippen molar-refractivity contribution in [3.05, 3.63) is 40.8 Å². The summed E-state index contributed by atoms with van der Waals surface area (Å²) < 4.78 is 1.91. The molecule has 0 aliphatic carbocycles. The van der Waals surface area contributed by atoms with Gasteiger partial charge in [0.25, 0.3) is 0 Å². The Morgan fingerprint density at radius 2 is 2.00 bits per heavy atom. The Bertz CT molecular complexity index is 528. The van der Waals surface area contributed by atoms with Gasteiger partial charge in [0.15, 0.2) is 0 Å². The van der Waals surface area contributed by atoms with Crippen LogP contribution in [-0.2, 0) is 13.6 Å². The lowest BCUT2D eigenvalue weighted by atomic mass is 10.2. The Kier molecular flexibility index (Phi) is 3.13. The zero-order valence-electron chi connectivity index (χ0n) is 10.8. The molecule has 0 aliphatic heterocycles. The summed E-state index contributed by atoms with van der Waals surface area (Å²) in [6.07, 6.45) is 0. The summed E-state index contributed by atoms with van der Waals surface area (Å²) in [6, 6.07) is 5.98. The molecule has 4 heteroatoms. The van der Waals surface area contributed by atoms with Crippen LogP contribution in [0.15, 0.2) is 18.2 Å². The fraction of sp³-hybridized carbons (Fsp3) is 0.385. The molecule has 2 aromatic heterocycles. The van der Waals surface area contributed by atoms with Crippen LogP contribution in [0.25, 0.3) is 0 Å². The van der Waals surface area contributed by atoms with Gasteiger partial charge in [-0.3, -0.25) is 4.68 Å². The highest BCUT2D eigenvalue weighted by atomic mass is 15.3. The predicted octanol–water partition coefficient (Wildman–Crippen LogP) is 2.35. The fourth-order valence-electron chi connectivity index (χ4n) is 1.89. The zero-order valence-corrected chi connectivity index (χ0v) is 10.8. The molecule has 0 bridgehead atoms. The van der Waals surface area contributed by atoms with Crippen molar-refractivity contribution in [2.75, 3.05) is 5.32 Å². The number of nitrogens with one attached hydrogen (secondary N) is 1. The van der Waals surface area contributed by atoms with Gasteiger partial charge in [0.2, 0.25) is 0 Å². The van der Waals surface area contributed by atoms with E-state index >= 15 is 0 Å². The highest BCUT2D eigenvalue weighted by molar-refractivity contribution is 5.37. The van der Waals surface area contributed by atoms with Crippen LogP contribution >= 0.6 is 0 Å². The Morgan fingerprint density at radius 1 is 1.24 bits per heavy atom. The second kappa shape index (κ2) is 4.57. The first-order valence-electron chi connectivity index (χ1n) is 5.74. The van der Waals surface area contributed by atoms with Crippen LogP contribution in [0.1, 0.15) is 22.6 Å². The Morgan fingerprint density at radius 3 is 2.59 bits per heavy atom. The van der Waals surface area contributed by atoms with Crippen molar-refractivity contribution < 1.29 is 0 Å². The van der Waals surface area contributed by atoms with E-state index in [-0.39, 0.29) is 0 Å². The topological polar surface area (TPSA) is 42.7 Å². The SMILES string of the molecule is Cc1cccc(NCc2c(C)nn(C)c2C)n1. The number of pyridine rings is 1. The van der Waals surface area contributed by atoms with Crippen LogP contribution in [0.4, 0.5) is 5.82 Å². The van der Waals surface area contributed by atoms with Gasteiger partial charge < -0.3 is 5.32 Å². The van der Waals surface area contributed by atoms with Crippen LogP contribution in [0.5, 0.6) is 0 Å². The highest BCUT2D eigenvalue weighted by Gasteiger charge is 2.08. The third kappa shape index (κ3) is 2.46. The maximum absolute atomic E-state index is 4.42. The summed E-state index contributed by atoms with van der Waals surface area (Å²) in [4.78, 5) is 4.42. The third-order valence-corrected chi connectivity index (χ3v) is 2.99. The lowest BCUT2D eigenvalue weighted by Crippen LogP contribution is -2.04. The quantitative estimate of drug-likeness (QED) is 0.880. The number of hydrogen-bond donors (Lipinski definition) is 1. The molecule has 0 aliphatic rings. The van der Waals surface area contributed by atoms with Gasteiger partial charge in [0.05, 0.1) is 5.69 Å². The Hall–Kier alpha value is -1.84. The number of nitrogens with zero attached hydrogens (tertiary/aromatic N) is 3. The van der Waals surface area contributed by atoms with Crippen LogP contribution in [-0.4, -0.2) is 14.8 Å². The van der Waals surface area contributed by atoms with E-state index in [1.807, 2.05) is 43.8 Å². The van der Waals surface area contributed by atoms with Crippen LogP contribution < -0.4 is 5.32 Å². The smallest absolute Gasteiger partial charge is 0.126 e. The molecular weight excluding hydrogens is 212 g/mol. The van der Waals surface area contributed by atoms with E-state index in [1.165, 1.54) is 11.3 Å². The highest BCUT2D eigenvalue weighted by Crippen LogP contribution is 2.14. The zero-order chi connectivity index (χ0) is 12.4. The number of aromatic nitrogens is 3. The summed E-state index contributed by atoms with van der Waals surface area (Å²) in [5, 5.41) is 7.73. The molecule has 90 valence electrons. The number of aryl methyl sites for hydroxylation is 3. The van der Waals surface area contributed by atoms with Gasteiger partial charge in [-0.1, -0.05) is 6.07 Å². The van der Waals surface area contributed by atoms with E-state index in [9.17, 15) is 0 Å². The molecule has 0 unspecified atom stereocenters. The van der Waals surface area contributed by atoms with E-state index in [4.69, 9.17) is 0 Å². The van der Waals surface area contributed by atoms with E-state index < -0.39 is 0 Å². The van der Waals surface area contributed by atoms with E-state index in [1.54, 1.807) is 0 Å². The van der Waals surface area contributed by atoms with Crippen LogP contribution in [0.2, 0.25) is 0 Å². The normalized spacial score (nSPS) is 10.6. The number of rotatable bonds is 3. The van der Waals surface area contributed by atoms with E-state index in [2.05, 4.69) is 22.3 Å². The van der Waals surface area contributed by atoms with Gasteiger partial charge in [-0.2, -0.15) is 5.10 Å². The molecule has 17 heavy (non-hydrogen) atoms. The maximum atomic E-state index is 4.42. The van der Waals surface area contributed by atoms with Crippen molar-refractivity contribution >= 4 is 5.82 Å². The van der Waals surface area contributed by atoms with E-state index in [0.717, 1.165) is 23.8 Å². The summed E-state index contributed by atoms with van der Waals surface area (Å²) in [5.41, 5.74) is 4.54. The van der Waals surface area contributed by atoms with E-state index in [0.29, 0.717) is 0 Å². The van der Waals surface area contributed by atoms with Crippen molar-refractivity contribution in [2.45, 2.75) is 27.3 Å². The minimum Gasteiger partial charge on any atom is -0.366 e.